The lowest BCUT2D eigenvalue weighted by molar-refractivity contribution is 0.444. The van der Waals surface area contributed by atoms with E-state index in [2.05, 4.69) is 67.5 Å². The van der Waals surface area contributed by atoms with E-state index in [-0.39, 0.29) is 0 Å². The van der Waals surface area contributed by atoms with Crippen LogP contribution in [0.3, 0.4) is 0 Å². The Labute approximate surface area is 128 Å². The van der Waals surface area contributed by atoms with Crippen LogP contribution >= 0.6 is 43.2 Å². The number of nitrogens with one attached hydrogen (secondary N) is 1. The average molecular weight is 387 g/mol. The standard InChI is InChI=1S/C14H13Br2NS/c1-17-13(12-7-11(15)14(16)18-12)10-6-8-4-2-3-5-9(8)10/h2-5,7,10,13,17H,6H2,1H3. The highest BCUT2D eigenvalue weighted by molar-refractivity contribution is 9.13. The van der Waals surface area contributed by atoms with Crippen LogP contribution in [-0.4, -0.2) is 7.05 Å². The van der Waals surface area contributed by atoms with E-state index in [1.165, 1.54) is 26.2 Å². The third-order valence-corrected chi connectivity index (χ3v) is 6.92. The lowest BCUT2D eigenvalue weighted by atomic mass is 9.73. The van der Waals surface area contributed by atoms with Gasteiger partial charge in [0, 0.05) is 21.3 Å². The summed E-state index contributed by atoms with van der Waals surface area (Å²) in [4.78, 5) is 1.38. The van der Waals surface area contributed by atoms with Gasteiger partial charge in [-0.05, 0) is 62.5 Å². The maximum Gasteiger partial charge on any atom is 0.0843 e. The summed E-state index contributed by atoms with van der Waals surface area (Å²) in [5.74, 6) is 0.601. The number of fused-ring (bicyclic) bond motifs is 1. The Hall–Kier alpha value is -0.160. The van der Waals surface area contributed by atoms with E-state index in [0.29, 0.717) is 12.0 Å². The first-order valence-electron chi connectivity index (χ1n) is 5.90. The lowest BCUT2D eigenvalue weighted by Gasteiger charge is -2.36. The van der Waals surface area contributed by atoms with Gasteiger partial charge in [-0.1, -0.05) is 24.3 Å². The van der Waals surface area contributed by atoms with Gasteiger partial charge in [-0.3, -0.25) is 0 Å². The number of hydrogen-bond donors (Lipinski definition) is 1. The molecule has 1 aromatic carbocycles. The zero-order valence-electron chi connectivity index (χ0n) is 9.91. The summed E-state index contributed by atoms with van der Waals surface area (Å²) >= 11 is 8.95. The molecule has 0 spiro atoms. The van der Waals surface area contributed by atoms with Gasteiger partial charge in [0.15, 0.2) is 0 Å². The molecule has 1 aliphatic rings. The van der Waals surface area contributed by atoms with Crippen molar-refractivity contribution in [1.82, 2.24) is 5.32 Å². The quantitative estimate of drug-likeness (QED) is 0.792. The molecule has 1 nitrogen and oxygen atoms in total. The second kappa shape index (κ2) is 5.08. The zero-order valence-corrected chi connectivity index (χ0v) is 13.9. The molecule has 2 aromatic rings. The Morgan fingerprint density at radius 3 is 2.72 bits per heavy atom. The van der Waals surface area contributed by atoms with Crippen LogP contribution < -0.4 is 5.32 Å². The molecule has 0 fully saturated rings. The number of rotatable bonds is 3. The van der Waals surface area contributed by atoms with Crippen LogP contribution in [0.1, 0.15) is 28.0 Å². The predicted molar refractivity (Wildman–Crippen MR) is 84.4 cm³/mol. The molecule has 1 N–H and O–H groups in total. The summed E-state index contributed by atoms with van der Waals surface area (Å²) in [5, 5.41) is 3.47. The van der Waals surface area contributed by atoms with Gasteiger partial charge in [0.1, 0.15) is 0 Å². The van der Waals surface area contributed by atoms with Crippen molar-refractivity contribution >= 4 is 43.2 Å². The fourth-order valence-corrected chi connectivity index (χ4v) is 4.92. The molecule has 0 saturated carbocycles. The molecule has 0 amide bonds. The van der Waals surface area contributed by atoms with Crippen LogP contribution in [0.2, 0.25) is 0 Å². The molecular formula is C14H13Br2NS. The Kier molecular flexibility index (Phi) is 3.63. The first kappa shape index (κ1) is 12.9. The summed E-state index contributed by atoms with van der Waals surface area (Å²) in [6.07, 6.45) is 1.18. The van der Waals surface area contributed by atoms with Crippen LogP contribution in [0.4, 0.5) is 0 Å². The second-order valence-corrected chi connectivity index (χ2v) is 7.80. The minimum Gasteiger partial charge on any atom is -0.312 e. The first-order valence-corrected chi connectivity index (χ1v) is 8.30. The maximum absolute atomic E-state index is 3.58. The van der Waals surface area contributed by atoms with Crippen molar-refractivity contribution in [2.24, 2.45) is 0 Å². The van der Waals surface area contributed by atoms with Crippen molar-refractivity contribution in [3.63, 3.8) is 0 Å². The minimum atomic E-state index is 0.410. The van der Waals surface area contributed by atoms with E-state index >= 15 is 0 Å². The van der Waals surface area contributed by atoms with E-state index in [1.807, 2.05) is 7.05 Å². The van der Waals surface area contributed by atoms with Crippen molar-refractivity contribution in [3.05, 3.63) is 54.6 Å². The van der Waals surface area contributed by atoms with Gasteiger partial charge in [0.2, 0.25) is 0 Å². The van der Waals surface area contributed by atoms with Crippen LogP contribution in [-0.2, 0) is 6.42 Å². The largest absolute Gasteiger partial charge is 0.312 e. The molecule has 2 unspecified atom stereocenters. The van der Waals surface area contributed by atoms with E-state index in [9.17, 15) is 0 Å². The summed E-state index contributed by atoms with van der Waals surface area (Å²) in [6.45, 7) is 0. The van der Waals surface area contributed by atoms with Gasteiger partial charge in [-0.25, -0.2) is 0 Å². The number of benzene rings is 1. The van der Waals surface area contributed by atoms with Gasteiger partial charge < -0.3 is 5.32 Å². The number of thiophene rings is 1. The lowest BCUT2D eigenvalue weighted by Crippen LogP contribution is -2.30. The number of likely N-dealkylation sites (N-methyl/N-ethyl adjacent to an activating group) is 1. The molecule has 2 atom stereocenters. The van der Waals surface area contributed by atoms with Crippen LogP contribution in [0.15, 0.2) is 38.6 Å². The Bertz CT molecular complexity index is 559. The zero-order chi connectivity index (χ0) is 12.7. The third-order valence-electron chi connectivity index (χ3n) is 3.58. The van der Waals surface area contributed by atoms with Crippen molar-refractivity contribution in [2.75, 3.05) is 7.05 Å². The van der Waals surface area contributed by atoms with Crippen LogP contribution in [0.25, 0.3) is 0 Å². The third kappa shape index (κ3) is 2.09. The van der Waals surface area contributed by atoms with Crippen molar-refractivity contribution in [2.45, 2.75) is 18.4 Å². The topological polar surface area (TPSA) is 12.0 Å². The molecule has 1 aromatic heterocycles. The van der Waals surface area contributed by atoms with Crippen molar-refractivity contribution in [3.8, 4) is 0 Å². The smallest absolute Gasteiger partial charge is 0.0843 e. The van der Waals surface area contributed by atoms with Crippen molar-refractivity contribution < 1.29 is 0 Å². The normalized spacial score (nSPS) is 19.2. The van der Waals surface area contributed by atoms with Gasteiger partial charge in [-0.15, -0.1) is 11.3 Å². The second-order valence-electron chi connectivity index (χ2n) is 4.55. The molecule has 0 saturated heterocycles. The molecule has 94 valence electrons. The first-order chi connectivity index (χ1) is 8.70. The summed E-state index contributed by atoms with van der Waals surface area (Å²) in [6, 6.07) is 11.4. The van der Waals surface area contributed by atoms with E-state index < -0.39 is 0 Å². The molecule has 18 heavy (non-hydrogen) atoms. The molecule has 1 heterocycles. The van der Waals surface area contributed by atoms with Gasteiger partial charge in [0.05, 0.1) is 3.79 Å². The van der Waals surface area contributed by atoms with Gasteiger partial charge in [-0.2, -0.15) is 0 Å². The highest BCUT2D eigenvalue weighted by Gasteiger charge is 2.33. The summed E-state index contributed by atoms with van der Waals surface area (Å²) in [7, 11) is 2.05. The average Bonchev–Trinajstić information content (AvgIpc) is 2.66. The molecular weight excluding hydrogens is 374 g/mol. The number of halogens is 2. The van der Waals surface area contributed by atoms with Crippen LogP contribution in [0, 0.1) is 0 Å². The van der Waals surface area contributed by atoms with E-state index in [1.54, 1.807) is 11.3 Å². The highest BCUT2D eigenvalue weighted by Crippen LogP contribution is 2.46. The van der Waals surface area contributed by atoms with Crippen LogP contribution in [0.5, 0.6) is 0 Å². The molecule has 1 aliphatic carbocycles. The molecule has 3 rings (SSSR count). The van der Waals surface area contributed by atoms with E-state index in [4.69, 9.17) is 0 Å². The summed E-state index contributed by atoms with van der Waals surface area (Å²) in [5.41, 5.74) is 3.00. The maximum atomic E-state index is 3.58. The minimum absolute atomic E-state index is 0.410. The monoisotopic (exact) mass is 385 g/mol. The Balaban J connectivity index is 1.91. The van der Waals surface area contributed by atoms with E-state index in [0.717, 1.165) is 4.47 Å². The molecule has 0 radical (unpaired) electrons. The molecule has 4 heteroatoms. The SMILES string of the molecule is CNC(c1cc(Br)c(Br)s1)C1Cc2ccccc21. The fraction of sp³-hybridized carbons (Fsp3) is 0.286. The highest BCUT2D eigenvalue weighted by atomic mass is 79.9. The van der Waals surface area contributed by atoms with Crippen molar-refractivity contribution in [1.29, 1.82) is 0 Å². The van der Waals surface area contributed by atoms with Gasteiger partial charge in [0.25, 0.3) is 0 Å². The van der Waals surface area contributed by atoms with Gasteiger partial charge >= 0.3 is 0 Å². The predicted octanol–water partition coefficient (Wildman–Crippen LogP) is 4.87. The summed E-state index contributed by atoms with van der Waals surface area (Å²) < 4.78 is 2.32. The fourth-order valence-electron chi connectivity index (χ4n) is 2.65. The molecule has 0 bridgehead atoms. The molecule has 0 aliphatic heterocycles. The number of hydrogen-bond acceptors (Lipinski definition) is 2. The Morgan fingerprint density at radius 2 is 2.11 bits per heavy atom. The Morgan fingerprint density at radius 1 is 1.33 bits per heavy atom.